The molecule has 0 saturated carbocycles. The minimum absolute atomic E-state index is 0.187. The monoisotopic (exact) mass is 253 g/mol. The zero-order chi connectivity index (χ0) is 13.1. The molecular formula is C16H15NO2. The molecule has 0 amide bonds. The lowest BCUT2D eigenvalue weighted by Gasteiger charge is -2.04. The Morgan fingerprint density at radius 1 is 1.21 bits per heavy atom. The van der Waals surface area contributed by atoms with Crippen LogP contribution in [0.5, 0.6) is 5.75 Å². The van der Waals surface area contributed by atoms with Crippen molar-refractivity contribution < 1.29 is 9.53 Å². The van der Waals surface area contributed by atoms with E-state index in [4.69, 9.17) is 4.74 Å². The fraction of sp³-hybridized carbons (Fsp3) is 0.250. The Bertz CT molecular complexity index is 593. The molecule has 3 rings (SSSR count). The number of aryl methyl sites for hydroxylation is 1. The van der Waals surface area contributed by atoms with Gasteiger partial charge in [-0.25, -0.2) is 0 Å². The van der Waals surface area contributed by atoms with E-state index in [9.17, 15) is 4.79 Å². The minimum Gasteiger partial charge on any atom is -0.493 e. The molecule has 0 spiro atoms. The predicted octanol–water partition coefficient (Wildman–Crippen LogP) is 2.83. The lowest BCUT2D eigenvalue weighted by Crippen LogP contribution is -2.01. The summed E-state index contributed by atoms with van der Waals surface area (Å²) in [5.74, 6) is 1.11. The van der Waals surface area contributed by atoms with E-state index in [0.717, 1.165) is 41.9 Å². The van der Waals surface area contributed by atoms with Gasteiger partial charge >= 0.3 is 0 Å². The third-order valence-electron chi connectivity index (χ3n) is 3.40. The zero-order valence-corrected chi connectivity index (χ0v) is 10.6. The second-order valence-corrected chi connectivity index (χ2v) is 4.70. The van der Waals surface area contributed by atoms with Gasteiger partial charge in [0, 0.05) is 30.8 Å². The van der Waals surface area contributed by atoms with Crippen molar-refractivity contribution in [2.45, 2.75) is 19.3 Å². The topological polar surface area (TPSA) is 39.2 Å². The molecule has 2 heterocycles. The van der Waals surface area contributed by atoms with Crippen LogP contribution in [0, 0.1) is 0 Å². The summed E-state index contributed by atoms with van der Waals surface area (Å²) in [7, 11) is 0. The Morgan fingerprint density at radius 3 is 2.89 bits per heavy atom. The van der Waals surface area contributed by atoms with Gasteiger partial charge in [-0.15, -0.1) is 0 Å². The Balaban J connectivity index is 1.67. The van der Waals surface area contributed by atoms with Gasteiger partial charge in [-0.1, -0.05) is 0 Å². The molecule has 1 aliphatic heterocycles. The Kier molecular flexibility index (Phi) is 3.27. The number of ether oxygens (including phenoxy) is 1. The van der Waals surface area contributed by atoms with E-state index >= 15 is 0 Å². The number of hydrogen-bond acceptors (Lipinski definition) is 3. The number of nitrogens with zero attached hydrogens (tertiary/aromatic N) is 1. The van der Waals surface area contributed by atoms with E-state index in [0.29, 0.717) is 6.42 Å². The summed E-state index contributed by atoms with van der Waals surface area (Å²) in [6.45, 7) is 0.726. The van der Waals surface area contributed by atoms with Crippen LogP contribution in [-0.4, -0.2) is 17.4 Å². The summed E-state index contributed by atoms with van der Waals surface area (Å²) in [6, 6.07) is 9.63. The number of carbonyl (C=O) groups excluding carboxylic acids is 1. The number of carbonyl (C=O) groups is 1. The fourth-order valence-electron chi connectivity index (χ4n) is 2.31. The van der Waals surface area contributed by atoms with Gasteiger partial charge in [-0.05, 0) is 47.9 Å². The lowest BCUT2D eigenvalue weighted by molar-refractivity contribution is 0.0983. The number of hydrogen-bond donors (Lipinski definition) is 0. The summed E-state index contributed by atoms with van der Waals surface area (Å²) in [4.78, 5) is 16.1. The van der Waals surface area contributed by atoms with E-state index < -0.39 is 0 Å². The van der Waals surface area contributed by atoms with Gasteiger partial charge in [0.2, 0.25) is 0 Å². The molecule has 1 aromatic heterocycles. The fourth-order valence-corrected chi connectivity index (χ4v) is 2.31. The number of pyridine rings is 1. The highest BCUT2D eigenvalue weighted by Gasteiger charge is 2.14. The van der Waals surface area contributed by atoms with Gasteiger partial charge in [0.1, 0.15) is 5.75 Å². The van der Waals surface area contributed by atoms with E-state index in [1.54, 1.807) is 12.4 Å². The van der Waals surface area contributed by atoms with E-state index in [2.05, 4.69) is 4.98 Å². The summed E-state index contributed by atoms with van der Waals surface area (Å²) in [5.41, 5.74) is 3.08. The molecule has 0 radical (unpaired) electrons. The van der Waals surface area contributed by atoms with Crippen molar-refractivity contribution in [1.29, 1.82) is 0 Å². The first kappa shape index (κ1) is 11.9. The predicted molar refractivity (Wildman–Crippen MR) is 72.5 cm³/mol. The normalized spacial score (nSPS) is 12.8. The maximum absolute atomic E-state index is 12.2. The van der Waals surface area contributed by atoms with Crippen molar-refractivity contribution in [3.8, 4) is 5.75 Å². The molecule has 2 aromatic rings. The third kappa shape index (κ3) is 2.65. The number of ketones is 1. The van der Waals surface area contributed by atoms with E-state index in [-0.39, 0.29) is 5.78 Å². The average molecular weight is 253 g/mol. The van der Waals surface area contributed by atoms with E-state index in [1.165, 1.54) is 0 Å². The van der Waals surface area contributed by atoms with Gasteiger partial charge in [0.15, 0.2) is 5.78 Å². The summed E-state index contributed by atoms with van der Waals surface area (Å²) < 4.78 is 5.44. The Hall–Kier alpha value is -2.16. The van der Waals surface area contributed by atoms with Gasteiger partial charge in [-0.3, -0.25) is 9.78 Å². The molecule has 0 atom stereocenters. The van der Waals surface area contributed by atoms with Gasteiger partial charge in [-0.2, -0.15) is 0 Å². The standard InChI is InChI=1S/C16H15NO2/c18-15(3-1-12-5-8-17-9-6-12)13-2-4-16-14(11-13)7-10-19-16/h2,4-6,8-9,11H,1,3,7,10H2. The molecule has 3 heteroatoms. The molecule has 1 aromatic carbocycles. The highest BCUT2D eigenvalue weighted by molar-refractivity contribution is 5.96. The number of benzene rings is 1. The van der Waals surface area contributed by atoms with Gasteiger partial charge in [0.05, 0.1) is 6.61 Å². The van der Waals surface area contributed by atoms with Crippen LogP contribution in [0.4, 0.5) is 0 Å². The van der Waals surface area contributed by atoms with Crippen LogP contribution >= 0.6 is 0 Å². The van der Waals surface area contributed by atoms with Crippen LogP contribution in [0.3, 0.4) is 0 Å². The molecule has 19 heavy (non-hydrogen) atoms. The molecule has 0 aliphatic carbocycles. The maximum atomic E-state index is 12.2. The van der Waals surface area contributed by atoms with Crippen LogP contribution < -0.4 is 4.74 Å². The van der Waals surface area contributed by atoms with Crippen molar-refractivity contribution >= 4 is 5.78 Å². The quantitative estimate of drug-likeness (QED) is 0.786. The minimum atomic E-state index is 0.187. The number of aromatic nitrogens is 1. The van der Waals surface area contributed by atoms with Crippen molar-refractivity contribution in [2.24, 2.45) is 0 Å². The van der Waals surface area contributed by atoms with Crippen LogP contribution in [0.1, 0.15) is 27.9 Å². The smallest absolute Gasteiger partial charge is 0.163 e. The van der Waals surface area contributed by atoms with Crippen molar-refractivity contribution in [2.75, 3.05) is 6.61 Å². The second kappa shape index (κ2) is 5.22. The molecule has 0 bridgehead atoms. The van der Waals surface area contributed by atoms with Gasteiger partial charge < -0.3 is 4.74 Å². The molecule has 0 saturated heterocycles. The van der Waals surface area contributed by atoms with Crippen LogP contribution in [0.25, 0.3) is 0 Å². The van der Waals surface area contributed by atoms with Crippen LogP contribution in [0.2, 0.25) is 0 Å². The summed E-state index contributed by atoms with van der Waals surface area (Å²) >= 11 is 0. The van der Waals surface area contributed by atoms with Crippen molar-refractivity contribution in [3.05, 3.63) is 59.4 Å². The van der Waals surface area contributed by atoms with Gasteiger partial charge in [0.25, 0.3) is 0 Å². The lowest BCUT2D eigenvalue weighted by atomic mass is 10.0. The number of fused-ring (bicyclic) bond motifs is 1. The molecule has 0 unspecified atom stereocenters. The zero-order valence-electron chi connectivity index (χ0n) is 10.6. The SMILES string of the molecule is O=C(CCc1ccncc1)c1ccc2c(c1)CCO2. The second-order valence-electron chi connectivity index (χ2n) is 4.70. The first-order valence-corrected chi connectivity index (χ1v) is 6.51. The molecule has 0 fully saturated rings. The van der Waals surface area contributed by atoms with E-state index in [1.807, 2.05) is 30.3 Å². The molecule has 1 aliphatic rings. The highest BCUT2D eigenvalue weighted by atomic mass is 16.5. The molecule has 3 nitrogen and oxygen atoms in total. The molecule has 96 valence electrons. The summed E-state index contributed by atoms with van der Waals surface area (Å²) in [5, 5.41) is 0. The Labute approximate surface area is 112 Å². The maximum Gasteiger partial charge on any atom is 0.163 e. The molecule has 0 N–H and O–H groups in total. The third-order valence-corrected chi connectivity index (χ3v) is 3.40. The average Bonchev–Trinajstić information content (AvgIpc) is 2.93. The Morgan fingerprint density at radius 2 is 2.05 bits per heavy atom. The summed E-state index contributed by atoms with van der Waals surface area (Å²) in [6.07, 6.45) is 5.71. The first-order chi connectivity index (χ1) is 9.33. The van der Waals surface area contributed by atoms with Crippen molar-refractivity contribution in [1.82, 2.24) is 4.98 Å². The first-order valence-electron chi connectivity index (χ1n) is 6.51. The molecular weight excluding hydrogens is 238 g/mol. The van der Waals surface area contributed by atoms with Crippen molar-refractivity contribution in [3.63, 3.8) is 0 Å². The van der Waals surface area contributed by atoms with Crippen LogP contribution in [-0.2, 0) is 12.8 Å². The highest BCUT2D eigenvalue weighted by Crippen LogP contribution is 2.26. The van der Waals surface area contributed by atoms with Crippen LogP contribution in [0.15, 0.2) is 42.7 Å². The largest absolute Gasteiger partial charge is 0.493 e. The number of Topliss-reactive ketones (excluding diaryl/α,β-unsaturated/α-hetero) is 1. The number of rotatable bonds is 4.